The van der Waals surface area contributed by atoms with Gasteiger partial charge in [0.15, 0.2) is 0 Å². The van der Waals surface area contributed by atoms with Crippen molar-refractivity contribution in [1.29, 1.82) is 0 Å². The molecule has 102 valence electrons. The van der Waals surface area contributed by atoms with Gasteiger partial charge in [-0.1, -0.05) is 30.0 Å². The van der Waals surface area contributed by atoms with Crippen LogP contribution in [0.15, 0.2) is 48.5 Å². The van der Waals surface area contributed by atoms with Gasteiger partial charge in [0, 0.05) is 17.7 Å². The third-order valence-electron chi connectivity index (χ3n) is 3.13. The molecule has 2 rings (SSSR count). The fourth-order valence-corrected chi connectivity index (χ4v) is 1.97. The van der Waals surface area contributed by atoms with Crippen molar-refractivity contribution < 1.29 is 4.74 Å². The Kier molecular flexibility index (Phi) is 5.08. The third kappa shape index (κ3) is 4.07. The molecular weight excluding hydrogens is 246 g/mol. The molecule has 2 heteroatoms. The van der Waals surface area contributed by atoms with E-state index in [-0.39, 0.29) is 0 Å². The number of nitrogens with two attached hydrogens (primary N) is 1. The van der Waals surface area contributed by atoms with Crippen LogP contribution in [0.2, 0.25) is 0 Å². The summed E-state index contributed by atoms with van der Waals surface area (Å²) in [6.45, 7) is 0. The normalized spacial score (nSPS) is 9.65. The van der Waals surface area contributed by atoms with Crippen LogP contribution in [0.1, 0.15) is 24.0 Å². The van der Waals surface area contributed by atoms with Gasteiger partial charge in [-0.05, 0) is 48.7 Å². The summed E-state index contributed by atoms with van der Waals surface area (Å²) in [6.07, 6.45) is 2.88. The summed E-state index contributed by atoms with van der Waals surface area (Å²) >= 11 is 0. The van der Waals surface area contributed by atoms with E-state index < -0.39 is 0 Å². The molecule has 0 saturated carbocycles. The summed E-state index contributed by atoms with van der Waals surface area (Å²) in [7, 11) is 1.66. The summed E-state index contributed by atoms with van der Waals surface area (Å²) in [5, 5.41) is 0. The number of anilines is 1. The lowest BCUT2D eigenvalue weighted by molar-refractivity contribution is 0.415. The zero-order chi connectivity index (χ0) is 14.2. The maximum Gasteiger partial charge on any atom is 0.118 e. The maximum atomic E-state index is 5.91. The minimum absolute atomic E-state index is 0.857. The van der Waals surface area contributed by atoms with E-state index in [4.69, 9.17) is 10.5 Å². The molecule has 0 spiro atoms. The molecule has 0 aliphatic rings. The van der Waals surface area contributed by atoms with Crippen LogP contribution in [0, 0.1) is 11.8 Å². The van der Waals surface area contributed by atoms with Crippen molar-refractivity contribution in [2.45, 2.75) is 19.3 Å². The van der Waals surface area contributed by atoms with Crippen molar-refractivity contribution in [2.75, 3.05) is 12.8 Å². The van der Waals surface area contributed by atoms with Crippen molar-refractivity contribution in [1.82, 2.24) is 0 Å². The second kappa shape index (κ2) is 7.25. The average Bonchev–Trinajstić information content (AvgIpc) is 2.49. The molecule has 0 saturated heterocycles. The molecular formula is C18H19NO. The average molecular weight is 265 g/mol. The van der Waals surface area contributed by atoms with E-state index >= 15 is 0 Å². The molecule has 0 aliphatic carbocycles. The van der Waals surface area contributed by atoms with E-state index in [2.05, 4.69) is 17.9 Å². The Morgan fingerprint density at radius 1 is 1.05 bits per heavy atom. The zero-order valence-electron chi connectivity index (χ0n) is 11.7. The summed E-state index contributed by atoms with van der Waals surface area (Å²) in [5.41, 5.74) is 9.00. The summed E-state index contributed by atoms with van der Waals surface area (Å²) in [6, 6.07) is 15.8. The number of methoxy groups -OCH3 is 1. The van der Waals surface area contributed by atoms with Crippen LogP contribution in [0.4, 0.5) is 5.69 Å². The Labute approximate surface area is 120 Å². The Balaban J connectivity index is 1.81. The molecule has 20 heavy (non-hydrogen) atoms. The molecule has 0 bridgehead atoms. The zero-order valence-corrected chi connectivity index (χ0v) is 11.7. The number of rotatable bonds is 4. The first kappa shape index (κ1) is 14.0. The van der Waals surface area contributed by atoms with Gasteiger partial charge in [-0.3, -0.25) is 0 Å². The molecule has 0 unspecified atom stereocenters. The monoisotopic (exact) mass is 265 g/mol. The Morgan fingerprint density at radius 2 is 1.80 bits per heavy atom. The summed E-state index contributed by atoms with van der Waals surface area (Å²) in [5.74, 6) is 7.21. The largest absolute Gasteiger partial charge is 0.497 e. The smallest absolute Gasteiger partial charge is 0.118 e. The van der Waals surface area contributed by atoms with Crippen molar-refractivity contribution in [3.05, 3.63) is 59.7 Å². The maximum absolute atomic E-state index is 5.91. The highest BCUT2D eigenvalue weighted by Crippen LogP contribution is 2.13. The predicted octanol–water partition coefficient (Wildman–Crippen LogP) is 3.65. The lowest BCUT2D eigenvalue weighted by atomic mass is 10.1. The van der Waals surface area contributed by atoms with Gasteiger partial charge < -0.3 is 10.5 Å². The molecule has 2 N–H and O–H groups in total. The Hall–Kier alpha value is -2.40. The first-order valence-electron chi connectivity index (χ1n) is 6.76. The van der Waals surface area contributed by atoms with Gasteiger partial charge >= 0.3 is 0 Å². The van der Waals surface area contributed by atoms with E-state index in [9.17, 15) is 0 Å². The fourth-order valence-electron chi connectivity index (χ4n) is 1.97. The Morgan fingerprint density at radius 3 is 2.50 bits per heavy atom. The molecule has 0 fully saturated rings. The van der Waals surface area contributed by atoms with Crippen LogP contribution in [0.5, 0.6) is 5.75 Å². The molecule has 2 aromatic rings. The highest BCUT2D eigenvalue weighted by Gasteiger charge is 1.96. The van der Waals surface area contributed by atoms with Crippen LogP contribution in [-0.4, -0.2) is 7.11 Å². The minimum Gasteiger partial charge on any atom is -0.497 e. The van der Waals surface area contributed by atoms with Crippen molar-refractivity contribution in [3.8, 4) is 17.6 Å². The van der Waals surface area contributed by atoms with Gasteiger partial charge in [-0.2, -0.15) is 0 Å². The highest BCUT2D eigenvalue weighted by molar-refractivity contribution is 5.46. The summed E-state index contributed by atoms with van der Waals surface area (Å²) in [4.78, 5) is 0. The van der Waals surface area contributed by atoms with E-state index in [0.717, 1.165) is 36.3 Å². The summed E-state index contributed by atoms with van der Waals surface area (Å²) < 4.78 is 5.11. The number of ether oxygens (including phenoxy) is 1. The quantitative estimate of drug-likeness (QED) is 0.520. The lowest BCUT2D eigenvalue weighted by Crippen LogP contribution is -1.93. The molecule has 2 nitrogen and oxygen atoms in total. The molecule has 2 aromatic carbocycles. The minimum atomic E-state index is 0.857. The second-order valence-corrected chi connectivity index (χ2v) is 4.58. The molecule has 0 radical (unpaired) electrons. The van der Waals surface area contributed by atoms with Crippen LogP contribution >= 0.6 is 0 Å². The van der Waals surface area contributed by atoms with Crippen molar-refractivity contribution in [3.63, 3.8) is 0 Å². The van der Waals surface area contributed by atoms with Crippen LogP contribution in [0.3, 0.4) is 0 Å². The van der Waals surface area contributed by atoms with E-state index in [1.54, 1.807) is 7.11 Å². The van der Waals surface area contributed by atoms with E-state index in [0.29, 0.717) is 0 Å². The third-order valence-corrected chi connectivity index (χ3v) is 3.13. The van der Waals surface area contributed by atoms with Gasteiger partial charge in [0.25, 0.3) is 0 Å². The van der Waals surface area contributed by atoms with E-state index in [1.807, 2.05) is 42.5 Å². The second-order valence-electron chi connectivity index (χ2n) is 4.58. The number of hydrogen-bond donors (Lipinski definition) is 1. The van der Waals surface area contributed by atoms with Gasteiger partial charge in [0.05, 0.1) is 7.11 Å². The van der Waals surface area contributed by atoms with Gasteiger partial charge in [-0.15, -0.1) is 0 Å². The SMILES string of the molecule is COc1ccc(C#CCCCc2ccccc2N)cc1. The molecule has 0 aromatic heterocycles. The van der Waals surface area contributed by atoms with Crippen LogP contribution in [0.25, 0.3) is 0 Å². The number of para-hydroxylation sites is 1. The highest BCUT2D eigenvalue weighted by atomic mass is 16.5. The first-order chi connectivity index (χ1) is 9.79. The van der Waals surface area contributed by atoms with Gasteiger partial charge in [0.2, 0.25) is 0 Å². The fraction of sp³-hybridized carbons (Fsp3) is 0.222. The Bertz CT molecular complexity index is 605. The molecule has 0 heterocycles. The van der Waals surface area contributed by atoms with Crippen molar-refractivity contribution in [2.24, 2.45) is 0 Å². The molecule has 0 amide bonds. The first-order valence-corrected chi connectivity index (χ1v) is 6.76. The molecule has 0 atom stereocenters. The van der Waals surface area contributed by atoms with Crippen molar-refractivity contribution >= 4 is 5.69 Å². The lowest BCUT2D eigenvalue weighted by Gasteiger charge is -2.02. The van der Waals surface area contributed by atoms with Crippen LogP contribution in [-0.2, 0) is 6.42 Å². The topological polar surface area (TPSA) is 35.2 Å². The van der Waals surface area contributed by atoms with Gasteiger partial charge in [-0.25, -0.2) is 0 Å². The van der Waals surface area contributed by atoms with Gasteiger partial charge in [0.1, 0.15) is 5.75 Å². The van der Waals surface area contributed by atoms with E-state index in [1.165, 1.54) is 5.56 Å². The molecule has 0 aliphatic heterocycles. The number of unbranched alkanes of at least 4 members (excludes halogenated alkanes) is 1. The predicted molar refractivity (Wildman–Crippen MR) is 83.7 cm³/mol. The number of benzene rings is 2. The van der Waals surface area contributed by atoms with Crippen LogP contribution < -0.4 is 10.5 Å². The number of aryl methyl sites for hydroxylation is 1. The number of hydrogen-bond acceptors (Lipinski definition) is 2. The standard InChI is InChI=1S/C18H19NO/c1-20-17-13-11-15(12-14-17)7-3-2-4-8-16-9-5-6-10-18(16)19/h5-6,9-14H,2,4,8,19H2,1H3. The number of nitrogen functional groups attached to an aromatic ring is 1.